The number of carbonyl (C=O) groups excluding carboxylic acids is 1. The number of para-hydroxylation sites is 1. The third-order valence-corrected chi connectivity index (χ3v) is 5.25. The number of hydrogen-bond acceptors (Lipinski definition) is 6. The third-order valence-electron chi connectivity index (χ3n) is 4.44. The Bertz CT molecular complexity index is 1060. The first-order chi connectivity index (χ1) is 16.1. The first kappa shape index (κ1) is 24.5. The Balaban J connectivity index is 1.60. The molecule has 0 aliphatic rings. The van der Waals surface area contributed by atoms with E-state index in [2.05, 4.69) is 45.0 Å². The van der Waals surface area contributed by atoms with E-state index < -0.39 is 0 Å². The molecule has 0 spiro atoms. The summed E-state index contributed by atoms with van der Waals surface area (Å²) < 4.78 is 18.6. The van der Waals surface area contributed by atoms with E-state index in [9.17, 15) is 4.79 Å². The molecule has 1 amide bonds. The fourth-order valence-corrected chi connectivity index (χ4v) is 3.61. The Hall–Kier alpha value is -3.14. The molecule has 172 valence electrons. The van der Waals surface area contributed by atoms with Gasteiger partial charge in [0.2, 0.25) is 0 Å². The van der Waals surface area contributed by atoms with Crippen LogP contribution in [-0.2, 0) is 0 Å². The Morgan fingerprint density at radius 3 is 2.55 bits per heavy atom. The fraction of sp³-hybridized carbons (Fsp3) is 0.240. The number of nitrogens with one attached hydrogen (secondary N) is 1. The maximum absolute atomic E-state index is 12.1. The molecular weight excluding hydrogens is 533 g/mol. The van der Waals surface area contributed by atoms with Gasteiger partial charge in [-0.1, -0.05) is 25.1 Å². The van der Waals surface area contributed by atoms with Crippen LogP contribution in [0.1, 0.15) is 29.8 Å². The highest BCUT2D eigenvalue weighted by Crippen LogP contribution is 2.34. The van der Waals surface area contributed by atoms with E-state index >= 15 is 0 Å². The molecule has 0 aliphatic carbocycles. The molecule has 33 heavy (non-hydrogen) atoms. The van der Waals surface area contributed by atoms with Gasteiger partial charge in [0, 0.05) is 23.9 Å². The van der Waals surface area contributed by atoms with Crippen molar-refractivity contribution in [1.82, 2.24) is 10.4 Å². The summed E-state index contributed by atoms with van der Waals surface area (Å²) in [5, 5.41) is 4.06. The van der Waals surface area contributed by atoms with Crippen LogP contribution < -0.4 is 19.6 Å². The van der Waals surface area contributed by atoms with Crippen LogP contribution >= 0.6 is 22.6 Å². The Morgan fingerprint density at radius 1 is 1.09 bits per heavy atom. The van der Waals surface area contributed by atoms with Crippen LogP contribution in [0.2, 0.25) is 0 Å². The third kappa shape index (κ3) is 7.74. The second-order valence-electron chi connectivity index (χ2n) is 7.24. The molecular formula is C25H26IN3O4. The molecule has 0 saturated heterocycles. The molecule has 0 unspecified atom stereocenters. The van der Waals surface area contributed by atoms with Crippen LogP contribution in [0, 0.1) is 9.49 Å². The summed E-state index contributed by atoms with van der Waals surface area (Å²) in [7, 11) is 0. The van der Waals surface area contributed by atoms with Gasteiger partial charge >= 0.3 is 0 Å². The Labute approximate surface area is 207 Å². The maximum atomic E-state index is 12.1. The number of nitrogens with zero attached hydrogens (tertiary/aromatic N) is 2. The number of amides is 1. The summed E-state index contributed by atoms with van der Waals surface area (Å²) in [5.74, 6) is 2.03. The average molecular weight is 559 g/mol. The van der Waals surface area contributed by atoms with Gasteiger partial charge in [-0.25, -0.2) is 5.43 Å². The zero-order valence-electron chi connectivity index (χ0n) is 18.5. The summed E-state index contributed by atoms with van der Waals surface area (Å²) in [6, 6.07) is 16.7. The van der Waals surface area contributed by atoms with E-state index in [4.69, 9.17) is 14.2 Å². The van der Waals surface area contributed by atoms with Gasteiger partial charge in [-0.3, -0.25) is 9.78 Å². The van der Waals surface area contributed by atoms with Gasteiger partial charge in [-0.05, 0) is 71.5 Å². The van der Waals surface area contributed by atoms with Crippen molar-refractivity contribution in [2.45, 2.75) is 13.8 Å². The molecule has 0 aliphatic heterocycles. The zero-order valence-corrected chi connectivity index (χ0v) is 20.7. The van der Waals surface area contributed by atoms with Gasteiger partial charge < -0.3 is 14.2 Å². The van der Waals surface area contributed by atoms with Crippen molar-refractivity contribution in [1.29, 1.82) is 0 Å². The van der Waals surface area contributed by atoms with Crippen molar-refractivity contribution >= 4 is 34.7 Å². The summed E-state index contributed by atoms with van der Waals surface area (Å²) >= 11 is 2.21. The van der Waals surface area contributed by atoms with Gasteiger partial charge in [0.25, 0.3) is 5.91 Å². The first-order valence-electron chi connectivity index (χ1n) is 10.6. The quantitative estimate of drug-likeness (QED) is 0.205. The van der Waals surface area contributed by atoms with E-state index in [-0.39, 0.29) is 11.8 Å². The van der Waals surface area contributed by atoms with Gasteiger partial charge in [-0.2, -0.15) is 5.10 Å². The molecule has 1 atom stereocenters. The van der Waals surface area contributed by atoms with Gasteiger partial charge in [0.1, 0.15) is 5.75 Å². The average Bonchev–Trinajstić information content (AvgIpc) is 2.83. The van der Waals surface area contributed by atoms with E-state index in [1.54, 1.807) is 30.7 Å². The van der Waals surface area contributed by atoms with E-state index in [1.807, 2.05) is 49.4 Å². The number of ether oxygens (including phenoxy) is 3. The van der Waals surface area contributed by atoms with E-state index in [0.717, 1.165) is 14.9 Å². The van der Waals surface area contributed by atoms with Crippen LogP contribution in [0.25, 0.3) is 0 Å². The molecule has 0 radical (unpaired) electrons. The predicted octanol–water partition coefficient (Wildman–Crippen LogP) is 4.94. The maximum Gasteiger partial charge on any atom is 0.271 e. The van der Waals surface area contributed by atoms with E-state index in [1.165, 1.54) is 0 Å². The normalized spacial score (nSPS) is 11.7. The van der Waals surface area contributed by atoms with Crippen LogP contribution in [0.3, 0.4) is 0 Å². The van der Waals surface area contributed by atoms with Crippen molar-refractivity contribution in [2.75, 3.05) is 19.8 Å². The van der Waals surface area contributed by atoms with Crippen LogP contribution in [0.15, 0.2) is 72.1 Å². The number of benzene rings is 2. The molecule has 3 aromatic rings. The molecule has 3 rings (SSSR count). The minimum absolute atomic E-state index is 0.181. The number of hydrazone groups is 1. The van der Waals surface area contributed by atoms with Crippen molar-refractivity contribution < 1.29 is 19.0 Å². The van der Waals surface area contributed by atoms with Crippen molar-refractivity contribution in [3.05, 3.63) is 81.7 Å². The number of halogens is 1. The van der Waals surface area contributed by atoms with Gasteiger partial charge in [0.15, 0.2) is 11.5 Å². The summed E-state index contributed by atoms with van der Waals surface area (Å²) in [5.41, 5.74) is 3.78. The molecule has 8 heteroatoms. The molecule has 1 N–H and O–H groups in total. The lowest BCUT2D eigenvalue weighted by molar-refractivity contribution is 0.0955. The highest BCUT2D eigenvalue weighted by molar-refractivity contribution is 14.1. The van der Waals surface area contributed by atoms with Crippen molar-refractivity contribution in [3.63, 3.8) is 0 Å². The molecule has 1 heterocycles. The van der Waals surface area contributed by atoms with Crippen molar-refractivity contribution in [3.8, 4) is 17.2 Å². The largest absolute Gasteiger partial charge is 0.493 e. The standard InChI is InChI=1S/C25H26IN3O4/c1-3-31-23-14-19(15-28-29-25(30)20-9-11-27-12-10-20)13-22(26)24(23)33-17-18(2)16-32-21-7-5-4-6-8-21/h4-15,18H,3,16-17H2,1-2H3,(H,29,30)/b28-15-/t18-/m0/s1. The summed E-state index contributed by atoms with van der Waals surface area (Å²) in [4.78, 5) is 16.0. The van der Waals surface area contributed by atoms with E-state index in [0.29, 0.717) is 36.9 Å². The summed E-state index contributed by atoms with van der Waals surface area (Å²) in [6.45, 7) is 5.52. The number of pyridine rings is 1. The van der Waals surface area contributed by atoms with Gasteiger partial charge in [0.05, 0.1) is 29.6 Å². The Morgan fingerprint density at radius 2 is 1.82 bits per heavy atom. The predicted molar refractivity (Wildman–Crippen MR) is 136 cm³/mol. The highest BCUT2D eigenvalue weighted by atomic mass is 127. The Kier molecular flexibility index (Phi) is 9.49. The lowest BCUT2D eigenvalue weighted by Crippen LogP contribution is -2.18. The molecule has 7 nitrogen and oxygen atoms in total. The van der Waals surface area contributed by atoms with Crippen LogP contribution in [0.4, 0.5) is 0 Å². The first-order valence-corrected chi connectivity index (χ1v) is 11.6. The van der Waals surface area contributed by atoms with Crippen LogP contribution in [0.5, 0.6) is 17.2 Å². The number of aromatic nitrogens is 1. The number of rotatable bonds is 11. The van der Waals surface area contributed by atoms with Crippen molar-refractivity contribution in [2.24, 2.45) is 11.0 Å². The minimum atomic E-state index is -0.306. The fourth-order valence-electron chi connectivity index (χ4n) is 2.83. The molecule has 0 bridgehead atoms. The molecule has 2 aromatic carbocycles. The van der Waals surface area contributed by atoms with Gasteiger partial charge in [-0.15, -0.1) is 0 Å². The lowest BCUT2D eigenvalue weighted by atomic mass is 10.2. The highest BCUT2D eigenvalue weighted by Gasteiger charge is 2.14. The van der Waals surface area contributed by atoms with Crippen LogP contribution in [-0.4, -0.2) is 36.9 Å². The number of hydrogen-bond donors (Lipinski definition) is 1. The lowest BCUT2D eigenvalue weighted by Gasteiger charge is -2.18. The monoisotopic (exact) mass is 559 g/mol. The molecule has 0 fully saturated rings. The molecule has 1 aromatic heterocycles. The molecule has 0 saturated carbocycles. The second-order valence-corrected chi connectivity index (χ2v) is 8.40. The second kappa shape index (κ2) is 12.8. The number of carbonyl (C=O) groups is 1. The summed E-state index contributed by atoms with van der Waals surface area (Å²) in [6.07, 6.45) is 4.69. The smallest absolute Gasteiger partial charge is 0.271 e. The zero-order chi connectivity index (χ0) is 23.5. The topological polar surface area (TPSA) is 82.0 Å². The SMILES string of the molecule is CCOc1cc(/C=N\NC(=O)c2ccncc2)cc(I)c1OC[C@@H](C)COc1ccccc1. The minimum Gasteiger partial charge on any atom is -0.493 e.